The minimum absolute atomic E-state index is 0.00911. The summed E-state index contributed by atoms with van der Waals surface area (Å²) < 4.78 is 26.7. The maximum absolute atomic E-state index is 13.3. The highest BCUT2D eigenvalue weighted by Crippen LogP contribution is 2.41. The summed E-state index contributed by atoms with van der Waals surface area (Å²) in [5.41, 5.74) is 10.6. The fraction of sp³-hybridized carbons (Fsp3) is 0.435. The van der Waals surface area contributed by atoms with Crippen LogP contribution in [0.2, 0.25) is 0 Å². The fourth-order valence-electron chi connectivity index (χ4n) is 4.21. The largest absolute Gasteiger partial charge is 0.384 e. The van der Waals surface area contributed by atoms with Crippen LogP contribution in [0.4, 0.5) is 11.5 Å². The average Bonchev–Trinajstić information content (AvgIpc) is 3.01. The van der Waals surface area contributed by atoms with Crippen LogP contribution in [-0.4, -0.2) is 31.5 Å². The van der Waals surface area contributed by atoms with E-state index in [9.17, 15) is 8.42 Å². The molecule has 7 heteroatoms. The molecule has 1 aliphatic rings. The maximum Gasteiger partial charge on any atom is 0.212 e. The molecule has 0 radical (unpaired) electrons. The Labute approximate surface area is 179 Å². The van der Waals surface area contributed by atoms with Gasteiger partial charge in [0, 0.05) is 18.8 Å². The number of aromatic amines is 1. The summed E-state index contributed by atoms with van der Waals surface area (Å²) in [5, 5.41) is 0. The van der Waals surface area contributed by atoms with E-state index in [1.165, 1.54) is 18.2 Å². The molecule has 0 atom stereocenters. The Morgan fingerprint density at radius 2 is 1.93 bits per heavy atom. The van der Waals surface area contributed by atoms with Crippen LogP contribution in [0.5, 0.6) is 0 Å². The number of nitrogens with zero attached hydrogens (tertiary/aromatic N) is 2. The Kier molecular flexibility index (Phi) is 5.87. The molecule has 0 saturated carbocycles. The first-order valence-electron chi connectivity index (χ1n) is 10.3. The Balaban J connectivity index is 2.30. The predicted molar refractivity (Wildman–Crippen MR) is 126 cm³/mol. The molecule has 0 aliphatic carbocycles. The quantitative estimate of drug-likeness (QED) is 0.652. The number of allylic oxidation sites excluding steroid dienone is 3. The third-order valence-corrected chi connectivity index (χ3v) is 7.92. The first-order chi connectivity index (χ1) is 14.1. The molecular formula is C23H32N4O2S. The van der Waals surface area contributed by atoms with Crippen molar-refractivity contribution in [3.05, 3.63) is 47.5 Å². The van der Waals surface area contributed by atoms with Gasteiger partial charge in [-0.15, -0.1) is 0 Å². The number of rotatable bonds is 6. The van der Waals surface area contributed by atoms with E-state index >= 15 is 0 Å². The number of sulfone groups is 1. The van der Waals surface area contributed by atoms with Crippen LogP contribution in [0, 0.1) is 12.3 Å². The number of fused-ring (bicyclic) bond motifs is 1. The van der Waals surface area contributed by atoms with Gasteiger partial charge in [0.25, 0.3) is 0 Å². The topological polar surface area (TPSA) is 92.1 Å². The number of aryl methyl sites for hydroxylation is 1. The maximum atomic E-state index is 13.3. The summed E-state index contributed by atoms with van der Waals surface area (Å²) in [6.45, 7) is 17.7. The summed E-state index contributed by atoms with van der Waals surface area (Å²) in [5.74, 6) is 0.0977. The smallest absolute Gasteiger partial charge is 0.212 e. The van der Waals surface area contributed by atoms with Crippen molar-refractivity contribution in [2.24, 2.45) is 5.41 Å². The Morgan fingerprint density at radius 3 is 2.47 bits per heavy atom. The molecule has 2 aromatic rings. The van der Waals surface area contributed by atoms with Gasteiger partial charge in [-0.1, -0.05) is 46.1 Å². The molecular weight excluding hydrogens is 396 g/mol. The van der Waals surface area contributed by atoms with Gasteiger partial charge >= 0.3 is 0 Å². The number of aromatic nitrogens is 2. The van der Waals surface area contributed by atoms with E-state index in [2.05, 4.69) is 48.8 Å². The second-order valence-electron chi connectivity index (χ2n) is 8.63. The van der Waals surface area contributed by atoms with Crippen LogP contribution < -0.4 is 10.6 Å². The van der Waals surface area contributed by atoms with Gasteiger partial charge in [-0.05, 0) is 43.2 Å². The van der Waals surface area contributed by atoms with Gasteiger partial charge in [-0.25, -0.2) is 13.4 Å². The lowest BCUT2D eigenvalue weighted by atomic mass is 9.82. The van der Waals surface area contributed by atoms with Crippen LogP contribution in [-0.2, 0) is 16.3 Å². The van der Waals surface area contributed by atoms with Gasteiger partial charge in [0.05, 0.1) is 16.1 Å². The third-order valence-electron chi connectivity index (χ3n) is 6.04. The second-order valence-corrected chi connectivity index (χ2v) is 10.5. The van der Waals surface area contributed by atoms with Crippen molar-refractivity contribution in [1.82, 2.24) is 9.97 Å². The summed E-state index contributed by atoms with van der Waals surface area (Å²) >= 11 is 0. The molecule has 0 amide bonds. The molecule has 162 valence electrons. The minimum Gasteiger partial charge on any atom is -0.384 e. The zero-order valence-electron chi connectivity index (χ0n) is 18.4. The van der Waals surface area contributed by atoms with E-state index < -0.39 is 9.84 Å². The number of H-pyrrole nitrogens is 1. The highest BCUT2D eigenvalue weighted by molar-refractivity contribution is 7.95. The standard InChI is InChI=1S/C23H32N4O2S/c1-7-10-16(8-2)30(28,29)21-19-18(26-22(21)24)20(17(9-3)15(4)25-19)27-13-11-23(5,6)12-14-27/h7-8,10,26H,1-2,9,11-14,24H2,3-6H3/b16-10+. The van der Waals surface area contributed by atoms with Gasteiger partial charge in [0.2, 0.25) is 9.84 Å². The normalized spacial score (nSPS) is 17.3. The van der Waals surface area contributed by atoms with Crippen molar-refractivity contribution >= 4 is 32.4 Å². The monoisotopic (exact) mass is 428 g/mol. The molecule has 1 fully saturated rings. The minimum atomic E-state index is -3.90. The third kappa shape index (κ3) is 3.67. The summed E-state index contributed by atoms with van der Waals surface area (Å²) in [7, 11) is -3.90. The molecule has 6 nitrogen and oxygen atoms in total. The molecule has 0 spiro atoms. The molecule has 30 heavy (non-hydrogen) atoms. The Morgan fingerprint density at radius 1 is 1.30 bits per heavy atom. The van der Waals surface area contributed by atoms with E-state index in [1.54, 1.807) is 0 Å². The first-order valence-corrected chi connectivity index (χ1v) is 11.8. The lowest BCUT2D eigenvalue weighted by Crippen LogP contribution is -2.38. The summed E-state index contributed by atoms with van der Waals surface area (Å²) in [6, 6.07) is 0. The summed E-state index contributed by atoms with van der Waals surface area (Å²) in [4.78, 5) is 10.2. The number of piperidine rings is 1. The molecule has 1 saturated heterocycles. The van der Waals surface area contributed by atoms with E-state index in [-0.39, 0.29) is 15.6 Å². The van der Waals surface area contributed by atoms with Crippen molar-refractivity contribution in [1.29, 1.82) is 0 Å². The lowest BCUT2D eigenvalue weighted by molar-refractivity contribution is 0.280. The van der Waals surface area contributed by atoms with E-state index in [0.29, 0.717) is 16.4 Å². The number of pyridine rings is 1. The van der Waals surface area contributed by atoms with Crippen molar-refractivity contribution in [3.8, 4) is 0 Å². The molecule has 0 unspecified atom stereocenters. The second kappa shape index (κ2) is 7.95. The fourth-order valence-corrected chi connectivity index (χ4v) is 5.68. The predicted octanol–water partition coefficient (Wildman–Crippen LogP) is 4.67. The van der Waals surface area contributed by atoms with E-state index in [4.69, 9.17) is 5.73 Å². The molecule has 0 bridgehead atoms. The lowest BCUT2D eigenvalue weighted by Gasteiger charge is -2.39. The Hall–Kier alpha value is -2.54. The molecule has 2 aromatic heterocycles. The molecule has 0 aromatic carbocycles. The zero-order valence-corrected chi connectivity index (χ0v) is 19.2. The van der Waals surface area contributed by atoms with Gasteiger partial charge < -0.3 is 15.6 Å². The highest BCUT2D eigenvalue weighted by atomic mass is 32.2. The van der Waals surface area contributed by atoms with Gasteiger partial charge in [0.1, 0.15) is 16.2 Å². The Bertz CT molecular complexity index is 1130. The summed E-state index contributed by atoms with van der Waals surface area (Å²) in [6.07, 6.45) is 7.09. The van der Waals surface area contributed by atoms with Crippen LogP contribution in [0.15, 0.2) is 41.2 Å². The van der Waals surface area contributed by atoms with Gasteiger partial charge in [0.15, 0.2) is 0 Å². The number of hydrogen-bond donors (Lipinski definition) is 2. The number of nitrogens with one attached hydrogen (secondary N) is 1. The SMILES string of the molecule is C=C/C=C(\C=C)S(=O)(=O)c1c(N)[nH]c2c(N3CCC(C)(C)CC3)c(CC)c(C)nc12. The van der Waals surface area contributed by atoms with Crippen molar-refractivity contribution in [3.63, 3.8) is 0 Å². The highest BCUT2D eigenvalue weighted by Gasteiger charge is 2.32. The number of nitrogen functional groups attached to an aromatic ring is 1. The van der Waals surface area contributed by atoms with Crippen LogP contribution in [0.1, 0.15) is 44.9 Å². The zero-order chi connectivity index (χ0) is 22.3. The van der Waals surface area contributed by atoms with Crippen LogP contribution in [0.3, 0.4) is 0 Å². The van der Waals surface area contributed by atoms with Crippen LogP contribution >= 0.6 is 0 Å². The molecule has 3 rings (SSSR count). The van der Waals surface area contributed by atoms with Gasteiger partial charge in [-0.3, -0.25) is 0 Å². The molecule has 3 N–H and O–H groups in total. The van der Waals surface area contributed by atoms with E-state index in [0.717, 1.165) is 49.3 Å². The number of anilines is 2. The average molecular weight is 429 g/mol. The van der Waals surface area contributed by atoms with Gasteiger partial charge in [-0.2, -0.15) is 0 Å². The molecule has 1 aliphatic heterocycles. The molecule has 3 heterocycles. The van der Waals surface area contributed by atoms with Crippen molar-refractivity contribution in [2.45, 2.75) is 51.9 Å². The van der Waals surface area contributed by atoms with Crippen molar-refractivity contribution in [2.75, 3.05) is 23.7 Å². The number of nitrogens with two attached hydrogens (primary N) is 1. The first kappa shape index (κ1) is 22.2. The van der Waals surface area contributed by atoms with Crippen molar-refractivity contribution < 1.29 is 8.42 Å². The van der Waals surface area contributed by atoms with E-state index in [1.807, 2.05) is 6.92 Å². The van der Waals surface area contributed by atoms with Crippen LogP contribution in [0.25, 0.3) is 11.0 Å². The number of hydrogen-bond acceptors (Lipinski definition) is 5.